The molecular formula is C38H41FN8O3. The fourth-order valence-corrected chi connectivity index (χ4v) is 6.88. The zero-order valence-electron chi connectivity index (χ0n) is 28.3. The van der Waals surface area contributed by atoms with Crippen molar-refractivity contribution in [3.8, 4) is 5.75 Å². The number of amides is 1. The first-order valence-electron chi connectivity index (χ1n) is 17.0. The number of piperidine rings is 1. The Bertz CT molecular complexity index is 1950. The third-order valence-corrected chi connectivity index (χ3v) is 9.68. The minimum atomic E-state index is -0.327. The van der Waals surface area contributed by atoms with Gasteiger partial charge in [0, 0.05) is 38.6 Å². The van der Waals surface area contributed by atoms with Gasteiger partial charge in [-0.2, -0.15) is 5.11 Å². The van der Waals surface area contributed by atoms with Crippen LogP contribution < -0.4 is 10.1 Å². The molecule has 2 unspecified atom stereocenters. The molecular weight excluding hydrogens is 635 g/mol. The van der Waals surface area contributed by atoms with E-state index >= 15 is 0 Å². The molecule has 0 radical (unpaired) electrons. The van der Waals surface area contributed by atoms with Crippen molar-refractivity contribution in [3.63, 3.8) is 0 Å². The maximum Gasteiger partial charge on any atom is 0.257 e. The van der Waals surface area contributed by atoms with Gasteiger partial charge in [-0.05, 0) is 90.7 Å². The number of likely N-dealkylation sites (N-methyl/N-ethyl adjacent to an activating group) is 1. The van der Waals surface area contributed by atoms with Crippen molar-refractivity contribution in [2.45, 2.75) is 43.8 Å². The predicted octanol–water partition coefficient (Wildman–Crippen LogP) is 7.14. The van der Waals surface area contributed by atoms with E-state index in [1.165, 1.54) is 12.1 Å². The lowest BCUT2D eigenvalue weighted by Crippen LogP contribution is -2.40. The van der Waals surface area contributed by atoms with Crippen LogP contribution in [0.4, 0.5) is 10.3 Å². The number of anilines is 1. The van der Waals surface area contributed by atoms with Gasteiger partial charge in [0.25, 0.3) is 5.91 Å². The Hall–Kier alpha value is -5.36. The molecule has 0 saturated carbocycles. The van der Waals surface area contributed by atoms with Crippen molar-refractivity contribution in [2.75, 3.05) is 45.7 Å². The summed E-state index contributed by atoms with van der Waals surface area (Å²) in [5, 5.41) is 15.4. The molecule has 3 aromatic carbocycles. The number of nitrogens with one attached hydrogen (secondary N) is 1. The number of para-hydroxylation sites is 2. The van der Waals surface area contributed by atoms with Crippen molar-refractivity contribution in [2.24, 2.45) is 15.4 Å². The van der Waals surface area contributed by atoms with Crippen LogP contribution in [0.5, 0.6) is 5.75 Å². The maximum atomic E-state index is 13.9. The molecule has 1 saturated heterocycles. The van der Waals surface area contributed by atoms with E-state index in [4.69, 9.17) is 14.1 Å². The Morgan fingerprint density at radius 3 is 2.64 bits per heavy atom. The predicted molar refractivity (Wildman–Crippen MR) is 190 cm³/mol. The largest absolute Gasteiger partial charge is 0.496 e. The van der Waals surface area contributed by atoms with Gasteiger partial charge in [-0.15, -0.1) is 5.10 Å². The fraction of sp³-hybridized carbons (Fsp3) is 0.342. The number of imidazole rings is 1. The highest BCUT2D eigenvalue weighted by Gasteiger charge is 2.26. The first kappa shape index (κ1) is 33.2. The normalized spacial score (nSPS) is 17.0. The number of fused-ring (bicyclic) bond motifs is 1. The molecule has 2 aromatic heterocycles. The van der Waals surface area contributed by atoms with Gasteiger partial charge in [-0.1, -0.05) is 30.3 Å². The third-order valence-electron chi connectivity index (χ3n) is 9.68. The minimum absolute atomic E-state index is 0.00634. The van der Waals surface area contributed by atoms with E-state index in [1.54, 1.807) is 43.7 Å². The van der Waals surface area contributed by atoms with Crippen LogP contribution in [0.2, 0.25) is 0 Å². The Morgan fingerprint density at radius 1 is 1.08 bits per heavy atom. The molecule has 0 spiro atoms. The van der Waals surface area contributed by atoms with Crippen LogP contribution in [-0.4, -0.2) is 77.9 Å². The number of likely N-dealkylation sites (tertiary alicyclic amines) is 1. The molecule has 1 fully saturated rings. The van der Waals surface area contributed by atoms with Gasteiger partial charge in [-0.25, -0.2) is 9.37 Å². The van der Waals surface area contributed by atoms with Crippen LogP contribution in [0.25, 0.3) is 11.0 Å². The third kappa shape index (κ3) is 7.45. The molecule has 1 N–H and O–H groups in total. The molecule has 4 heterocycles. The number of carbonyl (C=O) groups excluding carboxylic acids is 1. The summed E-state index contributed by atoms with van der Waals surface area (Å²) in [6, 6.07) is 24.1. The van der Waals surface area contributed by atoms with Crippen LogP contribution in [-0.2, 0) is 6.54 Å². The monoisotopic (exact) mass is 676 g/mol. The van der Waals surface area contributed by atoms with E-state index in [0.717, 1.165) is 72.8 Å². The van der Waals surface area contributed by atoms with Crippen molar-refractivity contribution >= 4 is 29.1 Å². The molecule has 2 atom stereocenters. The summed E-state index contributed by atoms with van der Waals surface area (Å²) in [5.41, 5.74) is 4.29. The average molecular weight is 677 g/mol. The van der Waals surface area contributed by atoms with Crippen LogP contribution in [0, 0.1) is 5.82 Å². The molecule has 1 amide bonds. The molecule has 7 rings (SSSR count). The first-order valence-corrected chi connectivity index (χ1v) is 17.0. The van der Waals surface area contributed by atoms with E-state index < -0.39 is 0 Å². The number of halogens is 1. The number of methoxy groups -OCH3 is 1. The van der Waals surface area contributed by atoms with E-state index in [1.807, 2.05) is 48.5 Å². The molecule has 0 bridgehead atoms. The minimum Gasteiger partial charge on any atom is -0.496 e. The number of rotatable bonds is 13. The van der Waals surface area contributed by atoms with Crippen molar-refractivity contribution in [1.82, 2.24) is 19.4 Å². The second-order valence-corrected chi connectivity index (χ2v) is 12.9. The quantitative estimate of drug-likeness (QED) is 0.142. The zero-order valence-corrected chi connectivity index (χ0v) is 28.3. The van der Waals surface area contributed by atoms with Crippen LogP contribution >= 0.6 is 0 Å². The van der Waals surface area contributed by atoms with E-state index in [0.29, 0.717) is 24.4 Å². The highest BCUT2D eigenvalue weighted by Crippen LogP contribution is 2.30. The van der Waals surface area contributed by atoms with Crippen LogP contribution in [0.1, 0.15) is 58.5 Å². The molecule has 5 aromatic rings. The molecule has 2 aliphatic rings. The topological polar surface area (TPSA) is 113 Å². The number of aromatic nitrogens is 2. The van der Waals surface area contributed by atoms with Gasteiger partial charge >= 0.3 is 0 Å². The number of benzene rings is 3. The summed E-state index contributed by atoms with van der Waals surface area (Å²) in [4.78, 5) is 23.0. The summed E-state index contributed by atoms with van der Waals surface area (Å²) in [5.74, 6) is 1.79. The molecule has 11 nitrogen and oxygen atoms in total. The van der Waals surface area contributed by atoms with Crippen molar-refractivity contribution < 1.29 is 18.3 Å². The van der Waals surface area contributed by atoms with E-state index in [-0.39, 0.29) is 29.7 Å². The van der Waals surface area contributed by atoms with E-state index in [2.05, 4.69) is 36.3 Å². The molecule has 12 heteroatoms. The number of hydrogen-bond donors (Lipinski definition) is 1. The summed E-state index contributed by atoms with van der Waals surface area (Å²) in [7, 11) is 3.36. The molecule has 0 aliphatic carbocycles. The lowest BCUT2D eigenvalue weighted by molar-refractivity contribution is 0.0778. The van der Waals surface area contributed by atoms with Gasteiger partial charge in [-0.3, -0.25) is 4.79 Å². The zero-order chi connectivity index (χ0) is 34.5. The standard InChI is InChI=1S/C38H41FN8O3/c1-45(37(48)32-22-27(11-14-36(32)49-2)34-23-40-44-43-34)24-28(26-9-12-29(39)13-10-26)15-18-46-19-16-30(17-20-46)41-38-42-33-7-3-4-8-35(33)47(38)25-31-6-5-21-50-31/h3-14,21-23,28,30,34H,15-20,24-25H2,1-2H3,(H,41,42). The number of hydrogen-bond acceptors (Lipinski definition) is 9. The fourth-order valence-electron chi connectivity index (χ4n) is 6.88. The molecule has 50 heavy (non-hydrogen) atoms. The van der Waals surface area contributed by atoms with Crippen molar-refractivity contribution in [1.29, 1.82) is 0 Å². The van der Waals surface area contributed by atoms with Gasteiger partial charge in [0.1, 0.15) is 23.4 Å². The second-order valence-electron chi connectivity index (χ2n) is 12.9. The summed E-state index contributed by atoms with van der Waals surface area (Å²) < 4.78 is 27.3. The molecule has 258 valence electrons. The van der Waals surface area contributed by atoms with Crippen LogP contribution in [0.3, 0.4) is 0 Å². The average Bonchev–Trinajstić information content (AvgIpc) is 3.94. The smallest absolute Gasteiger partial charge is 0.257 e. The maximum absolute atomic E-state index is 13.9. The first-order chi connectivity index (χ1) is 24.4. The Morgan fingerprint density at radius 2 is 1.90 bits per heavy atom. The van der Waals surface area contributed by atoms with Gasteiger partial charge < -0.3 is 28.8 Å². The van der Waals surface area contributed by atoms with Crippen molar-refractivity contribution in [3.05, 3.63) is 113 Å². The second kappa shape index (κ2) is 15.0. The summed E-state index contributed by atoms with van der Waals surface area (Å²) in [6.07, 6.45) is 6.11. The number of furan rings is 1. The number of carbonyl (C=O) groups is 1. The lowest BCUT2D eigenvalue weighted by Gasteiger charge is -2.34. The van der Waals surface area contributed by atoms with Gasteiger partial charge in [0.15, 0.2) is 0 Å². The SMILES string of the molecule is COc1ccc(C2C=NN=N2)cc1C(=O)N(C)CC(CCN1CCC(Nc2nc3ccccc3n2Cc2ccco2)CC1)c1ccc(F)cc1. The van der Waals surface area contributed by atoms with Gasteiger partial charge in [0.05, 0.1) is 42.7 Å². The van der Waals surface area contributed by atoms with Gasteiger partial charge in [0.2, 0.25) is 5.95 Å². The Balaban J connectivity index is 0.995. The molecule has 2 aliphatic heterocycles. The van der Waals surface area contributed by atoms with Crippen LogP contribution in [0.15, 0.2) is 105 Å². The Labute approximate surface area is 290 Å². The number of ether oxygens (including phenoxy) is 1. The summed E-state index contributed by atoms with van der Waals surface area (Å²) >= 11 is 0. The van der Waals surface area contributed by atoms with E-state index in [9.17, 15) is 9.18 Å². The highest BCUT2D eigenvalue weighted by molar-refractivity contribution is 5.97. The Kier molecular flexibility index (Phi) is 9.97. The summed E-state index contributed by atoms with van der Waals surface area (Å²) in [6.45, 7) is 3.81. The highest BCUT2D eigenvalue weighted by atomic mass is 19.1. The lowest BCUT2D eigenvalue weighted by atomic mass is 9.93. The number of nitrogens with zero attached hydrogens (tertiary/aromatic N) is 7.